The first-order chi connectivity index (χ1) is 8.69. The van der Waals surface area contributed by atoms with E-state index in [9.17, 15) is 4.79 Å². The van der Waals surface area contributed by atoms with Crippen LogP contribution in [0.25, 0.3) is 0 Å². The number of nitrogens with zero attached hydrogens (tertiary/aromatic N) is 1. The van der Waals surface area contributed by atoms with Crippen LogP contribution in [-0.2, 0) is 6.42 Å². The number of nitrogens with two attached hydrogens (primary N) is 1. The van der Waals surface area contributed by atoms with Crippen LogP contribution in [0.4, 0.5) is 0 Å². The summed E-state index contributed by atoms with van der Waals surface area (Å²) in [5.74, 6) is 0.185. The number of rotatable bonds is 3. The number of hydrogen-bond acceptors (Lipinski definition) is 3. The number of likely N-dealkylation sites (tertiary alicyclic amines) is 1. The first-order valence-electron chi connectivity index (χ1n) is 6.78. The van der Waals surface area contributed by atoms with Crippen molar-refractivity contribution >= 4 is 17.2 Å². The molecule has 0 saturated carbocycles. The van der Waals surface area contributed by atoms with Crippen LogP contribution in [-0.4, -0.2) is 29.4 Å². The molecule has 1 amide bonds. The quantitative estimate of drug-likeness (QED) is 0.914. The van der Waals surface area contributed by atoms with E-state index in [1.165, 1.54) is 12.0 Å². The average Bonchev–Trinajstić information content (AvgIpc) is 2.85. The van der Waals surface area contributed by atoms with Crippen molar-refractivity contribution in [3.8, 4) is 0 Å². The summed E-state index contributed by atoms with van der Waals surface area (Å²) < 4.78 is 0. The van der Waals surface area contributed by atoms with E-state index in [1.807, 2.05) is 10.3 Å². The predicted octanol–water partition coefficient (Wildman–Crippen LogP) is 2.65. The number of amides is 1. The number of carbonyl (C=O) groups excluding carboxylic acids is 1. The molecule has 1 aromatic rings. The summed E-state index contributed by atoms with van der Waals surface area (Å²) in [6, 6.07) is 2.59. The highest BCUT2D eigenvalue weighted by atomic mass is 32.1. The standard InChI is InChI=1S/C14H22N2OS/c1-3-11-7-8-18-13(11)14(17)16-10(2)5-4-6-12(16)9-15/h7-8,10,12H,3-6,9,15H2,1-2H3. The molecule has 0 radical (unpaired) electrons. The van der Waals surface area contributed by atoms with Gasteiger partial charge >= 0.3 is 0 Å². The molecule has 2 atom stereocenters. The van der Waals surface area contributed by atoms with Gasteiger partial charge in [-0.05, 0) is 49.6 Å². The SMILES string of the molecule is CCc1ccsc1C(=O)N1C(C)CCCC1CN. The highest BCUT2D eigenvalue weighted by molar-refractivity contribution is 7.12. The van der Waals surface area contributed by atoms with Gasteiger partial charge in [0.1, 0.15) is 0 Å². The monoisotopic (exact) mass is 266 g/mol. The highest BCUT2D eigenvalue weighted by Gasteiger charge is 2.32. The van der Waals surface area contributed by atoms with E-state index in [-0.39, 0.29) is 11.9 Å². The molecular formula is C14H22N2OS. The molecule has 1 aromatic heterocycles. The fraction of sp³-hybridized carbons (Fsp3) is 0.643. The van der Waals surface area contributed by atoms with Gasteiger partial charge in [-0.15, -0.1) is 11.3 Å². The molecule has 18 heavy (non-hydrogen) atoms. The number of thiophene rings is 1. The van der Waals surface area contributed by atoms with Gasteiger partial charge in [0.25, 0.3) is 5.91 Å². The van der Waals surface area contributed by atoms with Crippen LogP contribution in [0.5, 0.6) is 0 Å². The van der Waals surface area contributed by atoms with Crippen LogP contribution in [0.15, 0.2) is 11.4 Å². The molecule has 1 fully saturated rings. The van der Waals surface area contributed by atoms with Crippen molar-refractivity contribution in [1.29, 1.82) is 0 Å². The third-order valence-corrected chi connectivity index (χ3v) is 4.80. The van der Waals surface area contributed by atoms with Crippen molar-refractivity contribution in [1.82, 2.24) is 4.90 Å². The van der Waals surface area contributed by atoms with Crippen LogP contribution in [0, 0.1) is 0 Å². The van der Waals surface area contributed by atoms with Gasteiger partial charge in [0, 0.05) is 18.6 Å². The van der Waals surface area contributed by atoms with E-state index < -0.39 is 0 Å². The Morgan fingerprint density at radius 3 is 3.00 bits per heavy atom. The van der Waals surface area contributed by atoms with Crippen LogP contribution in [0.3, 0.4) is 0 Å². The molecule has 2 N–H and O–H groups in total. The minimum Gasteiger partial charge on any atom is -0.331 e. The maximum Gasteiger partial charge on any atom is 0.264 e. The lowest BCUT2D eigenvalue weighted by Gasteiger charge is -2.40. The number of hydrogen-bond donors (Lipinski definition) is 1. The van der Waals surface area contributed by atoms with Crippen molar-refractivity contribution in [2.75, 3.05) is 6.54 Å². The Bertz CT molecular complexity index is 416. The lowest BCUT2D eigenvalue weighted by molar-refractivity contribution is 0.0498. The van der Waals surface area contributed by atoms with E-state index in [2.05, 4.69) is 19.9 Å². The summed E-state index contributed by atoms with van der Waals surface area (Å²) >= 11 is 1.56. The van der Waals surface area contributed by atoms with Gasteiger partial charge in [-0.25, -0.2) is 0 Å². The van der Waals surface area contributed by atoms with Crippen LogP contribution in [0.1, 0.15) is 48.3 Å². The smallest absolute Gasteiger partial charge is 0.264 e. The number of carbonyl (C=O) groups is 1. The summed E-state index contributed by atoms with van der Waals surface area (Å²) in [4.78, 5) is 15.6. The molecule has 1 aliphatic rings. The maximum absolute atomic E-state index is 12.7. The van der Waals surface area contributed by atoms with Gasteiger partial charge in [-0.2, -0.15) is 0 Å². The zero-order chi connectivity index (χ0) is 13.1. The maximum atomic E-state index is 12.7. The molecule has 2 heterocycles. The van der Waals surface area contributed by atoms with Gasteiger partial charge in [0.05, 0.1) is 4.88 Å². The van der Waals surface area contributed by atoms with Crippen molar-refractivity contribution in [2.24, 2.45) is 5.73 Å². The summed E-state index contributed by atoms with van der Waals surface area (Å²) in [5.41, 5.74) is 6.99. The Balaban J connectivity index is 2.25. The second-order valence-electron chi connectivity index (χ2n) is 5.01. The van der Waals surface area contributed by atoms with E-state index in [1.54, 1.807) is 11.3 Å². The second kappa shape index (κ2) is 5.85. The molecular weight excluding hydrogens is 244 g/mol. The fourth-order valence-electron chi connectivity index (χ4n) is 2.80. The molecule has 2 unspecified atom stereocenters. The van der Waals surface area contributed by atoms with E-state index >= 15 is 0 Å². The van der Waals surface area contributed by atoms with Gasteiger partial charge in [0.2, 0.25) is 0 Å². The zero-order valence-electron chi connectivity index (χ0n) is 11.2. The van der Waals surface area contributed by atoms with E-state index in [0.717, 1.165) is 24.1 Å². The van der Waals surface area contributed by atoms with Gasteiger partial charge in [-0.3, -0.25) is 4.79 Å². The third kappa shape index (κ3) is 2.45. The molecule has 3 nitrogen and oxygen atoms in total. The van der Waals surface area contributed by atoms with Gasteiger partial charge in [-0.1, -0.05) is 6.92 Å². The molecule has 2 rings (SSSR count). The first-order valence-corrected chi connectivity index (χ1v) is 7.66. The molecule has 100 valence electrons. The number of piperidine rings is 1. The van der Waals surface area contributed by atoms with Crippen LogP contribution in [0.2, 0.25) is 0 Å². The third-order valence-electron chi connectivity index (χ3n) is 3.86. The summed E-state index contributed by atoms with van der Waals surface area (Å²) in [5, 5.41) is 2.01. The van der Waals surface area contributed by atoms with E-state index in [0.29, 0.717) is 12.6 Å². The largest absolute Gasteiger partial charge is 0.331 e. The van der Waals surface area contributed by atoms with Crippen molar-refractivity contribution in [3.05, 3.63) is 21.9 Å². The molecule has 1 saturated heterocycles. The Kier molecular flexibility index (Phi) is 4.40. The minimum atomic E-state index is 0.185. The van der Waals surface area contributed by atoms with Crippen molar-refractivity contribution < 1.29 is 4.79 Å². The Morgan fingerprint density at radius 2 is 2.33 bits per heavy atom. The Hall–Kier alpha value is -0.870. The number of aryl methyl sites for hydroxylation is 1. The summed E-state index contributed by atoms with van der Waals surface area (Å²) in [6.07, 6.45) is 4.23. The topological polar surface area (TPSA) is 46.3 Å². The molecule has 0 aliphatic carbocycles. The van der Waals surface area contributed by atoms with Crippen molar-refractivity contribution in [3.63, 3.8) is 0 Å². The first kappa shape index (κ1) is 13.6. The lowest BCUT2D eigenvalue weighted by atomic mass is 9.96. The molecule has 0 bridgehead atoms. The predicted molar refractivity (Wildman–Crippen MR) is 76.0 cm³/mol. The van der Waals surface area contributed by atoms with Crippen LogP contribution >= 0.6 is 11.3 Å². The lowest BCUT2D eigenvalue weighted by Crippen LogP contribution is -2.51. The normalized spacial score (nSPS) is 24.3. The molecule has 0 spiro atoms. The van der Waals surface area contributed by atoms with Gasteiger partial charge in [0.15, 0.2) is 0 Å². The fourth-order valence-corrected chi connectivity index (χ4v) is 3.74. The molecule has 4 heteroatoms. The molecule has 0 aromatic carbocycles. The average molecular weight is 266 g/mol. The van der Waals surface area contributed by atoms with E-state index in [4.69, 9.17) is 5.73 Å². The van der Waals surface area contributed by atoms with Crippen LogP contribution < -0.4 is 5.73 Å². The second-order valence-corrected chi connectivity index (χ2v) is 5.93. The summed E-state index contributed by atoms with van der Waals surface area (Å²) in [7, 11) is 0. The molecule has 1 aliphatic heterocycles. The van der Waals surface area contributed by atoms with Crippen molar-refractivity contribution in [2.45, 2.75) is 51.6 Å². The Labute approximate surface area is 113 Å². The zero-order valence-corrected chi connectivity index (χ0v) is 12.0. The minimum absolute atomic E-state index is 0.185. The van der Waals surface area contributed by atoms with Gasteiger partial charge < -0.3 is 10.6 Å². The summed E-state index contributed by atoms with van der Waals surface area (Å²) in [6.45, 7) is 4.81. The highest BCUT2D eigenvalue weighted by Crippen LogP contribution is 2.27. The Morgan fingerprint density at radius 1 is 1.56 bits per heavy atom.